The Balaban J connectivity index is 2.51. The molecule has 1 aromatic rings. The molecule has 0 aromatic heterocycles. The molecule has 0 aliphatic heterocycles. The summed E-state index contributed by atoms with van der Waals surface area (Å²) in [6.45, 7) is 1.61. The molecule has 0 heterocycles. The predicted molar refractivity (Wildman–Crippen MR) is 74.2 cm³/mol. The molecule has 116 valence electrons. The SMILES string of the molecule is CC(N)(CCCCOc1c(F)cccc1[N+](=O)[O-])C(N)=O. The molecule has 1 amide bonds. The van der Waals surface area contributed by atoms with Gasteiger partial charge in [0, 0.05) is 6.07 Å². The molecular formula is C13H18FN3O4. The van der Waals surface area contributed by atoms with Crippen LogP contribution >= 0.6 is 0 Å². The smallest absolute Gasteiger partial charge is 0.314 e. The third-order valence-corrected chi connectivity index (χ3v) is 3.04. The maximum Gasteiger partial charge on any atom is 0.314 e. The van der Waals surface area contributed by atoms with Crippen molar-refractivity contribution in [2.45, 2.75) is 31.7 Å². The van der Waals surface area contributed by atoms with E-state index in [4.69, 9.17) is 16.2 Å². The Morgan fingerprint density at radius 2 is 2.14 bits per heavy atom. The molecule has 0 spiro atoms. The number of carbonyl (C=O) groups excluding carboxylic acids is 1. The van der Waals surface area contributed by atoms with Gasteiger partial charge in [0.15, 0.2) is 5.82 Å². The van der Waals surface area contributed by atoms with Crippen LogP contribution in [-0.4, -0.2) is 23.0 Å². The Morgan fingerprint density at radius 1 is 1.48 bits per heavy atom. The summed E-state index contributed by atoms with van der Waals surface area (Å²) in [6, 6.07) is 3.50. The van der Waals surface area contributed by atoms with Gasteiger partial charge in [-0.3, -0.25) is 14.9 Å². The van der Waals surface area contributed by atoms with Crippen LogP contribution in [0.1, 0.15) is 26.2 Å². The zero-order valence-corrected chi connectivity index (χ0v) is 11.7. The van der Waals surface area contributed by atoms with Crippen LogP contribution in [0.15, 0.2) is 18.2 Å². The standard InChI is InChI=1S/C13H18FN3O4/c1-13(16,12(15)18)7-2-3-8-21-11-9(14)5-4-6-10(11)17(19)20/h4-6H,2-3,7-8,16H2,1H3,(H2,15,18). The molecule has 0 saturated heterocycles. The minimum Gasteiger partial charge on any atom is -0.485 e. The highest BCUT2D eigenvalue weighted by Crippen LogP contribution is 2.29. The summed E-state index contributed by atoms with van der Waals surface area (Å²) >= 11 is 0. The molecular weight excluding hydrogens is 281 g/mol. The van der Waals surface area contributed by atoms with E-state index in [-0.39, 0.29) is 12.4 Å². The van der Waals surface area contributed by atoms with Crippen molar-refractivity contribution in [1.29, 1.82) is 0 Å². The fourth-order valence-corrected chi connectivity index (χ4v) is 1.68. The number of unbranched alkanes of at least 4 members (excludes halogenated alkanes) is 1. The van der Waals surface area contributed by atoms with E-state index in [0.717, 1.165) is 6.07 Å². The van der Waals surface area contributed by atoms with Crippen LogP contribution in [0.25, 0.3) is 0 Å². The lowest BCUT2D eigenvalue weighted by atomic mass is 9.96. The number of rotatable bonds is 8. The largest absolute Gasteiger partial charge is 0.485 e. The highest BCUT2D eigenvalue weighted by atomic mass is 19.1. The molecule has 21 heavy (non-hydrogen) atoms. The zero-order chi connectivity index (χ0) is 16.0. The molecule has 0 bridgehead atoms. The molecule has 1 rings (SSSR count). The Hall–Kier alpha value is -2.22. The summed E-state index contributed by atoms with van der Waals surface area (Å²) in [4.78, 5) is 21.1. The Morgan fingerprint density at radius 3 is 2.71 bits per heavy atom. The number of ether oxygens (including phenoxy) is 1. The minimum absolute atomic E-state index is 0.0800. The van der Waals surface area contributed by atoms with E-state index in [1.165, 1.54) is 19.1 Å². The van der Waals surface area contributed by atoms with Crippen molar-refractivity contribution in [3.63, 3.8) is 0 Å². The van der Waals surface area contributed by atoms with Gasteiger partial charge in [0.2, 0.25) is 11.7 Å². The van der Waals surface area contributed by atoms with Crippen molar-refractivity contribution in [2.75, 3.05) is 6.61 Å². The van der Waals surface area contributed by atoms with Gasteiger partial charge in [-0.05, 0) is 32.3 Å². The minimum atomic E-state index is -1.11. The Bertz CT molecular complexity index is 534. The van der Waals surface area contributed by atoms with Gasteiger partial charge in [0.1, 0.15) is 0 Å². The van der Waals surface area contributed by atoms with Gasteiger partial charge in [-0.15, -0.1) is 0 Å². The normalized spacial score (nSPS) is 13.5. The van der Waals surface area contributed by atoms with Gasteiger partial charge >= 0.3 is 5.69 Å². The van der Waals surface area contributed by atoms with E-state index in [1.807, 2.05) is 0 Å². The van der Waals surface area contributed by atoms with Gasteiger partial charge in [0.05, 0.1) is 17.1 Å². The predicted octanol–water partition coefficient (Wildman–Crippen LogP) is 1.49. The van der Waals surface area contributed by atoms with E-state index in [0.29, 0.717) is 19.3 Å². The molecule has 0 fully saturated rings. The topological polar surface area (TPSA) is 121 Å². The number of carbonyl (C=O) groups is 1. The first kappa shape index (κ1) is 16.8. The number of nitro benzene ring substituents is 1. The second-order valence-corrected chi connectivity index (χ2v) is 4.93. The average molecular weight is 299 g/mol. The third kappa shape index (κ3) is 4.67. The third-order valence-electron chi connectivity index (χ3n) is 3.04. The number of nitrogens with two attached hydrogens (primary N) is 2. The molecule has 0 aliphatic carbocycles. The number of hydrogen-bond donors (Lipinski definition) is 2. The first-order valence-corrected chi connectivity index (χ1v) is 6.40. The number of halogens is 1. The van der Waals surface area contributed by atoms with Crippen LogP contribution in [0.4, 0.5) is 10.1 Å². The maximum absolute atomic E-state index is 13.5. The lowest BCUT2D eigenvalue weighted by Crippen LogP contribution is -2.49. The highest BCUT2D eigenvalue weighted by molar-refractivity contribution is 5.83. The van der Waals surface area contributed by atoms with E-state index in [1.54, 1.807) is 0 Å². The lowest BCUT2D eigenvalue weighted by Gasteiger charge is -2.19. The maximum atomic E-state index is 13.5. The van der Waals surface area contributed by atoms with Crippen LogP contribution in [0.2, 0.25) is 0 Å². The number of nitrogens with zero attached hydrogens (tertiary/aromatic N) is 1. The summed E-state index contributed by atoms with van der Waals surface area (Å²) < 4.78 is 18.6. The molecule has 8 heteroatoms. The first-order valence-electron chi connectivity index (χ1n) is 6.40. The van der Waals surface area contributed by atoms with Gasteiger partial charge in [-0.2, -0.15) is 0 Å². The van der Waals surface area contributed by atoms with E-state index in [2.05, 4.69) is 0 Å². The van der Waals surface area contributed by atoms with Crippen molar-refractivity contribution < 1.29 is 18.8 Å². The van der Waals surface area contributed by atoms with Gasteiger partial charge in [0.25, 0.3) is 0 Å². The second kappa shape index (κ2) is 6.98. The molecule has 0 aliphatic rings. The van der Waals surface area contributed by atoms with Crippen molar-refractivity contribution in [2.24, 2.45) is 11.5 Å². The molecule has 7 nitrogen and oxygen atoms in total. The van der Waals surface area contributed by atoms with Crippen molar-refractivity contribution in [3.8, 4) is 5.75 Å². The monoisotopic (exact) mass is 299 g/mol. The molecule has 1 unspecified atom stereocenters. The van der Waals surface area contributed by atoms with Crippen molar-refractivity contribution in [1.82, 2.24) is 0 Å². The number of hydrogen-bond acceptors (Lipinski definition) is 5. The van der Waals surface area contributed by atoms with Gasteiger partial charge in [-0.1, -0.05) is 6.07 Å². The van der Waals surface area contributed by atoms with E-state index < -0.39 is 27.9 Å². The quantitative estimate of drug-likeness (QED) is 0.428. The second-order valence-electron chi connectivity index (χ2n) is 4.93. The van der Waals surface area contributed by atoms with Crippen LogP contribution in [0.3, 0.4) is 0 Å². The summed E-state index contributed by atoms with van der Waals surface area (Å²) in [6.07, 6.45) is 1.34. The van der Waals surface area contributed by atoms with E-state index >= 15 is 0 Å². The summed E-state index contributed by atoms with van der Waals surface area (Å²) in [5.74, 6) is -1.77. The zero-order valence-electron chi connectivity index (χ0n) is 11.7. The Kier molecular flexibility index (Phi) is 5.60. The van der Waals surface area contributed by atoms with Crippen LogP contribution < -0.4 is 16.2 Å². The first-order chi connectivity index (χ1) is 9.75. The van der Waals surface area contributed by atoms with E-state index in [9.17, 15) is 19.3 Å². The number of benzene rings is 1. The van der Waals surface area contributed by atoms with Gasteiger partial charge in [-0.25, -0.2) is 4.39 Å². The van der Waals surface area contributed by atoms with Crippen LogP contribution in [0, 0.1) is 15.9 Å². The fourth-order valence-electron chi connectivity index (χ4n) is 1.68. The fraction of sp³-hybridized carbons (Fsp3) is 0.462. The highest BCUT2D eigenvalue weighted by Gasteiger charge is 2.24. The lowest BCUT2D eigenvalue weighted by molar-refractivity contribution is -0.386. The van der Waals surface area contributed by atoms with Crippen molar-refractivity contribution >= 4 is 11.6 Å². The molecule has 1 atom stereocenters. The van der Waals surface area contributed by atoms with Crippen molar-refractivity contribution in [3.05, 3.63) is 34.1 Å². The summed E-state index contributed by atoms with van der Waals surface area (Å²) in [5, 5.41) is 10.8. The number of nitro groups is 1. The van der Waals surface area contributed by atoms with Crippen LogP contribution in [0.5, 0.6) is 5.75 Å². The van der Waals surface area contributed by atoms with Gasteiger partial charge < -0.3 is 16.2 Å². The summed E-state index contributed by atoms with van der Waals surface area (Å²) in [7, 11) is 0. The summed E-state index contributed by atoms with van der Waals surface area (Å²) in [5.41, 5.74) is 9.28. The number of amides is 1. The molecule has 0 radical (unpaired) electrons. The number of primary amides is 1. The Labute approximate surface area is 121 Å². The van der Waals surface area contributed by atoms with Crippen LogP contribution in [-0.2, 0) is 4.79 Å². The average Bonchev–Trinajstić information content (AvgIpc) is 2.39. The molecule has 1 aromatic carbocycles. The molecule has 4 N–H and O–H groups in total. The number of para-hydroxylation sites is 1. The molecule has 0 saturated carbocycles.